The normalized spacial score (nSPS) is 16.8. The molecule has 1 saturated heterocycles. The third-order valence-corrected chi connectivity index (χ3v) is 4.43. The third kappa shape index (κ3) is 6.89. The van der Waals surface area contributed by atoms with E-state index in [1.165, 1.54) is 12.8 Å². The highest BCUT2D eigenvalue weighted by Gasteiger charge is 2.19. The highest BCUT2D eigenvalue weighted by Crippen LogP contribution is 2.12. The molecule has 24 heavy (non-hydrogen) atoms. The summed E-state index contributed by atoms with van der Waals surface area (Å²) in [6.45, 7) is 7.89. The van der Waals surface area contributed by atoms with Gasteiger partial charge in [0, 0.05) is 6.61 Å². The number of piperidine rings is 1. The van der Waals surface area contributed by atoms with Crippen LogP contribution >= 0.6 is 0 Å². The van der Waals surface area contributed by atoms with E-state index in [9.17, 15) is 4.79 Å². The molecule has 0 aromatic heterocycles. The number of nitrogens with one attached hydrogen (secondary N) is 2. The minimum Gasteiger partial charge on any atom is -0.445 e. The van der Waals surface area contributed by atoms with Gasteiger partial charge >= 0.3 is 6.09 Å². The van der Waals surface area contributed by atoms with Crippen LogP contribution in [0.2, 0.25) is 0 Å². The van der Waals surface area contributed by atoms with Gasteiger partial charge in [-0.1, -0.05) is 44.2 Å². The molecule has 5 nitrogen and oxygen atoms in total. The Morgan fingerprint density at radius 1 is 1.25 bits per heavy atom. The zero-order valence-corrected chi connectivity index (χ0v) is 14.8. The van der Waals surface area contributed by atoms with Crippen molar-refractivity contribution in [1.82, 2.24) is 10.6 Å². The lowest BCUT2D eigenvalue weighted by atomic mass is 9.99. The highest BCUT2D eigenvalue weighted by molar-refractivity contribution is 5.67. The first kappa shape index (κ1) is 18.7. The Bertz CT molecular complexity index is 473. The van der Waals surface area contributed by atoms with E-state index in [1.54, 1.807) is 0 Å². The molecule has 2 N–H and O–H groups in total. The van der Waals surface area contributed by atoms with Gasteiger partial charge < -0.3 is 20.1 Å². The molecule has 1 unspecified atom stereocenters. The van der Waals surface area contributed by atoms with Crippen LogP contribution in [0.15, 0.2) is 30.3 Å². The van der Waals surface area contributed by atoms with Gasteiger partial charge in [-0.2, -0.15) is 0 Å². The Labute approximate surface area is 145 Å². The van der Waals surface area contributed by atoms with Gasteiger partial charge in [0.1, 0.15) is 6.61 Å². The predicted molar refractivity (Wildman–Crippen MR) is 94.8 cm³/mol. The Kier molecular flexibility index (Phi) is 8.05. The van der Waals surface area contributed by atoms with Crippen molar-refractivity contribution in [1.29, 1.82) is 0 Å². The molecule has 1 aromatic rings. The predicted octanol–water partition coefficient (Wildman–Crippen LogP) is 2.95. The monoisotopic (exact) mass is 334 g/mol. The van der Waals surface area contributed by atoms with Crippen molar-refractivity contribution < 1.29 is 14.3 Å². The van der Waals surface area contributed by atoms with Gasteiger partial charge in [-0.05, 0) is 43.3 Å². The Hall–Kier alpha value is -1.59. The van der Waals surface area contributed by atoms with E-state index in [2.05, 4.69) is 24.5 Å². The fourth-order valence-electron chi connectivity index (χ4n) is 2.73. The molecule has 1 atom stereocenters. The minimum atomic E-state index is -0.386. The molecular weight excluding hydrogens is 304 g/mol. The second-order valence-electron chi connectivity index (χ2n) is 6.79. The van der Waals surface area contributed by atoms with Gasteiger partial charge in [0.15, 0.2) is 0 Å². The smallest absolute Gasteiger partial charge is 0.407 e. The van der Waals surface area contributed by atoms with Gasteiger partial charge in [0.2, 0.25) is 0 Å². The number of hydrogen-bond acceptors (Lipinski definition) is 4. The lowest BCUT2D eigenvalue weighted by molar-refractivity contribution is 0.0584. The van der Waals surface area contributed by atoms with Crippen LogP contribution in [0.4, 0.5) is 4.79 Å². The van der Waals surface area contributed by atoms with Crippen LogP contribution in [-0.4, -0.2) is 38.4 Å². The lowest BCUT2D eigenvalue weighted by Gasteiger charge is -2.25. The summed E-state index contributed by atoms with van der Waals surface area (Å²) in [7, 11) is 0. The quantitative estimate of drug-likeness (QED) is 0.767. The van der Waals surface area contributed by atoms with Gasteiger partial charge in [0.05, 0.1) is 12.6 Å². The van der Waals surface area contributed by atoms with E-state index in [0.29, 0.717) is 18.4 Å². The second kappa shape index (κ2) is 10.3. The van der Waals surface area contributed by atoms with Gasteiger partial charge in [-0.25, -0.2) is 4.79 Å². The van der Waals surface area contributed by atoms with E-state index in [0.717, 1.165) is 25.3 Å². The van der Waals surface area contributed by atoms with Crippen molar-refractivity contribution in [2.24, 2.45) is 11.8 Å². The van der Waals surface area contributed by atoms with Crippen molar-refractivity contribution in [3.8, 4) is 0 Å². The number of hydrogen-bond donors (Lipinski definition) is 2. The maximum atomic E-state index is 12.0. The third-order valence-electron chi connectivity index (χ3n) is 4.43. The van der Waals surface area contributed by atoms with E-state index in [1.807, 2.05) is 30.3 Å². The van der Waals surface area contributed by atoms with Crippen LogP contribution in [-0.2, 0) is 16.1 Å². The largest absolute Gasteiger partial charge is 0.445 e. The lowest BCUT2D eigenvalue weighted by Crippen LogP contribution is -2.42. The maximum absolute atomic E-state index is 12.0. The van der Waals surface area contributed by atoms with Crippen molar-refractivity contribution in [3.05, 3.63) is 35.9 Å². The van der Waals surface area contributed by atoms with Gasteiger partial charge in [-0.15, -0.1) is 0 Å². The molecule has 0 saturated carbocycles. The summed E-state index contributed by atoms with van der Waals surface area (Å²) in [6.07, 6.45) is 1.95. The summed E-state index contributed by atoms with van der Waals surface area (Å²) < 4.78 is 11.2. The first-order chi connectivity index (χ1) is 11.6. The van der Waals surface area contributed by atoms with Crippen molar-refractivity contribution in [2.75, 3.05) is 26.3 Å². The van der Waals surface area contributed by atoms with Crippen LogP contribution in [0.3, 0.4) is 0 Å². The molecule has 1 aromatic carbocycles. The van der Waals surface area contributed by atoms with Crippen LogP contribution < -0.4 is 10.6 Å². The second-order valence-corrected chi connectivity index (χ2v) is 6.79. The SMILES string of the molecule is CC(C)C(COCC1CCNCC1)NC(=O)OCc1ccccc1. The maximum Gasteiger partial charge on any atom is 0.407 e. The summed E-state index contributed by atoms with van der Waals surface area (Å²) in [5.74, 6) is 0.923. The topological polar surface area (TPSA) is 59.6 Å². The van der Waals surface area contributed by atoms with Crippen molar-refractivity contribution in [2.45, 2.75) is 39.3 Å². The molecular formula is C19H30N2O3. The number of carbonyl (C=O) groups is 1. The molecule has 1 fully saturated rings. The molecule has 0 spiro atoms. The Morgan fingerprint density at radius 2 is 1.96 bits per heavy atom. The summed E-state index contributed by atoms with van der Waals surface area (Å²) in [6, 6.07) is 9.66. The number of alkyl carbamates (subject to hydrolysis) is 1. The van der Waals surface area contributed by atoms with Gasteiger partial charge in [0.25, 0.3) is 0 Å². The van der Waals surface area contributed by atoms with E-state index in [4.69, 9.17) is 9.47 Å². The number of rotatable bonds is 8. The van der Waals surface area contributed by atoms with Crippen LogP contribution in [0.5, 0.6) is 0 Å². The fraction of sp³-hybridized carbons (Fsp3) is 0.632. The highest BCUT2D eigenvalue weighted by atomic mass is 16.5. The van der Waals surface area contributed by atoms with Gasteiger partial charge in [-0.3, -0.25) is 0 Å². The van der Waals surface area contributed by atoms with E-state index in [-0.39, 0.29) is 18.7 Å². The average molecular weight is 334 g/mol. The molecule has 1 aliphatic heterocycles. The molecule has 0 radical (unpaired) electrons. The summed E-state index contributed by atoms with van der Waals surface area (Å²) in [5.41, 5.74) is 0.982. The molecule has 1 aliphatic rings. The first-order valence-electron chi connectivity index (χ1n) is 8.91. The van der Waals surface area contributed by atoms with Crippen molar-refractivity contribution in [3.63, 3.8) is 0 Å². The number of carbonyl (C=O) groups excluding carboxylic acids is 1. The molecule has 2 rings (SSSR count). The van der Waals surface area contributed by atoms with E-state index >= 15 is 0 Å². The molecule has 134 valence electrons. The summed E-state index contributed by atoms with van der Waals surface area (Å²) >= 11 is 0. The standard InChI is InChI=1S/C19H30N2O3/c1-15(2)18(14-23-12-17-8-10-20-11-9-17)21-19(22)24-13-16-6-4-3-5-7-16/h3-7,15,17-18,20H,8-14H2,1-2H3,(H,21,22). The molecule has 1 amide bonds. The molecule has 0 bridgehead atoms. The number of ether oxygens (including phenoxy) is 2. The Morgan fingerprint density at radius 3 is 2.62 bits per heavy atom. The fourth-order valence-corrected chi connectivity index (χ4v) is 2.73. The van der Waals surface area contributed by atoms with Crippen LogP contribution in [0.1, 0.15) is 32.3 Å². The van der Waals surface area contributed by atoms with Crippen LogP contribution in [0.25, 0.3) is 0 Å². The molecule has 1 heterocycles. The Balaban J connectivity index is 1.68. The van der Waals surface area contributed by atoms with Crippen molar-refractivity contribution >= 4 is 6.09 Å². The first-order valence-corrected chi connectivity index (χ1v) is 8.91. The average Bonchev–Trinajstić information content (AvgIpc) is 2.61. The number of benzene rings is 1. The van der Waals surface area contributed by atoms with Crippen LogP contribution in [0, 0.1) is 11.8 Å². The minimum absolute atomic E-state index is 0.0324. The molecule has 0 aliphatic carbocycles. The summed E-state index contributed by atoms with van der Waals surface area (Å²) in [5, 5.41) is 6.28. The molecule has 5 heteroatoms. The zero-order chi connectivity index (χ0) is 17.2. The summed E-state index contributed by atoms with van der Waals surface area (Å²) in [4.78, 5) is 12.0. The van der Waals surface area contributed by atoms with E-state index < -0.39 is 0 Å². The number of amides is 1. The zero-order valence-electron chi connectivity index (χ0n) is 14.8.